The first-order chi connectivity index (χ1) is 8.22. The van der Waals surface area contributed by atoms with Gasteiger partial charge in [-0.05, 0) is 26.2 Å². The van der Waals surface area contributed by atoms with E-state index >= 15 is 0 Å². The van der Waals surface area contributed by atoms with E-state index in [-0.39, 0.29) is 0 Å². The molecule has 2 rings (SSSR count). The van der Waals surface area contributed by atoms with Gasteiger partial charge < -0.3 is 9.64 Å². The zero-order valence-corrected chi connectivity index (χ0v) is 11.1. The van der Waals surface area contributed by atoms with Gasteiger partial charge in [-0.2, -0.15) is 4.98 Å². The van der Waals surface area contributed by atoms with Crippen molar-refractivity contribution >= 4 is 17.5 Å². The first-order valence-corrected chi connectivity index (χ1v) is 6.55. The van der Waals surface area contributed by atoms with Crippen molar-refractivity contribution in [1.82, 2.24) is 9.97 Å². The van der Waals surface area contributed by atoms with E-state index in [2.05, 4.69) is 14.9 Å². The van der Waals surface area contributed by atoms with Crippen LogP contribution < -0.4 is 9.64 Å². The molecule has 1 aliphatic rings. The first-order valence-electron chi connectivity index (χ1n) is 6.02. The van der Waals surface area contributed by atoms with Crippen molar-refractivity contribution in [3.05, 3.63) is 11.8 Å². The van der Waals surface area contributed by atoms with Crippen molar-refractivity contribution in [2.45, 2.75) is 20.3 Å². The quantitative estimate of drug-likeness (QED) is 0.774. The van der Waals surface area contributed by atoms with E-state index in [1.54, 1.807) is 0 Å². The number of aromatic nitrogens is 2. The van der Waals surface area contributed by atoms with Crippen molar-refractivity contribution in [3.8, 4) is 5.88 Å². The molecular weight excluding hydrogens is 238 g/mol. The number of anilines is 1. The summed E-state index contributed by atoms with van der Waals surface area (Å²) in [5, 5.41) is 0. The van der Waals surface area contributed by atoms with Crippen molar-refractivity contribution in [2.75, 3.05) is 30.5 Å². The SMILES string of the molecule is CCOc1cc(C)nc(N2CCC(CCl)C2)n1. The summed E-state index contributed by atoms with van der Waals surface area (Å²) in [7, 11) is 0. The third kappa shape index (κ3) is 3.00. The third-order valence-corrected chi connectivity index (χ3v) is 3.33. The maximum atomic E-state index is 5.88. The Morgan fingerprint density at radius 1 is 1.53 bits per heavy atom. The Kier molecular flexibility index (Phi) is 4.05. The Balaban J connectivity index is 2.15. The lowest BCUT2D eigenvalue weighted by molar-refractivity contribution is 0.326. The minimum absolute atomic E-state index is 0.552. The summed E-state index contributed by atoms with van der Waals surface area (Å²) in [6.45, 7) is 6.46. The van der Waals surface area contributed by atoms with Crippen LogP contribution in [0.4, 0.5) is 5.95 Å². The summed E-state index contributed by atoms with van der Waals surface area (Å²) in [5.41, 5.74) is 0.938. The second-order valence-electron chi connectivity index (χ2n) is 4.34. The number of alkyl halides is 1. The van der Waals surface area contributed by atoms with Gasteiger partial charge in [0.15, 0.2) is 0 Å². The van der Waals surface area contributed by atoms with Crippen molar-refractivity contribution < 1.29 is 4.74 Å². The molecule has 0 spiro atoms. The molecule has 1 saturated heterocycles. The molecule has 2 heterocycles. The molecular formula is C12H18ClN3O. The highest BCUT2D eigenvalue weighted by atomic mass is 35.5. The molecule has 0 aromatic carbocycles. The predicted molar refractivity (Wildman–Crippen MR) is 69.0 cm³/mol. The fraction of sp³-hybridized carbons (Fsp3) is 0.667. The lowest BCUT2D eigenvalue weighted by Gasteiger charge is -2.17. The summed E-state index contributed by atoms with van der Waals surface area (Å²) in [5.74, 6) is 2.68. The maximum absolute atomic E-state index is 5.88. The Hall–Kier alpha value is -1.03. The number of hydrogen-bond donors (Lipinski definition) is 0. The highest BCUT2D eigenvalue weighted by molar-refractivity contribution is 6.18. The number of nitrogens with zero attached hydrogens (tertiary/aromatic N) is 3. The van der Waals surface area contributed by atoms with Gasteiger partial charge in [0.05, 0.1) is 6.61 Å². The number of rotatable bonds is 4. The topological polar surface area (TPSA) is 38.2 Å². The monoisotopic (exact) mass is 255 g/mol. The van der Waals surface area contributed by atoms with E-state index in [0.29, 0.717) is 24.3 Å². The number of ether oxygens (including phenoxy) is 1. The molecule has 4 nitrogen and oxygen atoms in total. The van der Waals surface area contributed by atoms with Gasteiger partial charge in [0.2, 0.25) is 11.8 Å². The number of hydrogen-bond acceptors (Lipinski definition) is 4. The van der Waals surface area contributed by atoms with Crippen LogP contribution in [0.2, 0.25) is 0 Å². The molecule has 17 heavy (non-hydrogen) atoms. The van der Waals surface area contributed by atoms with Crippen LogP contribution in [-0.2, 0) is 0 Å². The second kappa shape index (κ2) is 5.54. The van der Waals surface area contributed by atoms with E-state index in [1.165, 1.54) is 0 Å². The zero-order chi connectivity index (χ0) is 12.3. The number of halogens is 1. The van der Waals surface area contributed by atoms with Gasteiger partial charge >= 0.3 is 0 Å². The van der Waals surface area contributed by atoms with Gasteiger partial charge in [-0.25, -0.2) is 4.98 Å². The summed E-state index contributed by atoms with van der Waals surface area (Å²) >= 11 is 5.88. The van der Waals surface area contributed by atoms with Crippen molar-refractivity contribution in [2.24, 2.45) is 5.92 Å². The predicted octanol–water partition coefficient (Wildman–Crippen LogP) is 2.25. The highest BCUT2D eigenvalue weighted by Crippen LogP contribution is 2.23. The van der Waals surface area contributed by atoms with Crippen LogP contribution in [0.25, 0.3) is 0 Å². The first kappa shape index (κ1) is 12.4. The van der Waals surface area contributed by atoms with E-state index in [4.69, 9.17) is 16.3 Å². The van der Waals surface area contributed by atoms with Crippen LogP contribution in [0.5, 0.6) is 5.88 Å². The van der Waals surface area contributed by atoms with Crippen LogP contribution in [0.3, 0.4) is 0 Å². The Morgan fingerprint density at radius 2 is 2.35 bits per heavy atom. The minimum atomic E-state index is 0.552. The molecule has 0 saturated carbocycles. The standard InChI is InChI=1S/C12H18ClN3O/c1-3-17-11-6-9(2)14-12(15-11)16-5-4-10(7-13)8-16/h6,10H,3-5,7-8H2,1-2H3. The average molecular weight is 256 g/mol. The van der Waals surface area contributed by atoms with Crippen LogP contribution >= 0.6 is 11.6 Å². The maximum Gasteiger partial charge on any atom is 0.228 e. The summed E-state index contributed by atoms with van der Waals surface area (Å²) < 4.78 is 5.44. The highest BCUT2D eigenvalue weighted by Gasteiger charge is 2.24. The molecule has 1 aromatic heterocycles. The second-order valence-corrected chi connectivity index (χ2v) is 4.64. The van der Waals surface area contributed by atoms with E-state index in [0.717, 1.165) is 31.2 Å². The molecule has 1 atom stereocenters. The molecule has 1 fully saturated rings. The summed E-state index contributed by atoms with van der Waals surface area (Å²) in [6.07, 6.45) is 1.12. The Morgan fingerprint density at radius 3 is 3.00 bits per heavy atom. The molecule has 0 aliphatic carbocycles. The molecule has 1 aromatic rings. The van der Waals surface area contributed by atoms with Crippen LogP contribution in [0, 0.1) is 12.8 Å². The van der Waals surface area contributed by atoms with Gasteiger partial charge in [-0.15, -0.1) is 11.6 Å². The van der Waals surface area contributed by atoms with E-state index < -0.39 is 0 Å². The zero-order valence-electron chi connectivity index (χ0n) is 10.3. The van der Waals surface area contributed by atoms with Gasteiger partial charge in [0, 0.05) is 30.7 Å². The van der Waals surface area contributed by atoms with Crippen molar-refractivity contribution in [1.29, 1.82) is 0 Å². The fourth-order valence-electron chi connectivity index (χ4n) is 2.03. The normalized spacial score (nSPS) is 19.7. The van der Waals surface area contributed by atoms with Crippen LogP contribution in [0.15, 0.2) is 6.07 Å². The molecule has 1 unspecified atom stereocenters. The van der Waals surface area contributed by atoms with E-state index in [1.807, 2.05) is 19.9 Å². The summed E-state index contributed by atoms with van der Waals surface area (Å²) in [6, 6.07) is 1.86. The number of aryl methyl sites for hydroxylation is 1. The Labute approximate surface area is 107 Å². The molecule has 0 radical (unpaired) electrons. The van der Waals surface area contributed by atoms with Gasteiger partial charge in [-0.3, -0.25) is 0 Å². The van der Waals surface area contributed by atoms with Crippen molar-refractivity contribution in [3.63, 3.8) is 0 Å². The smallest absolute Gasteiger partial charge is 0.228 e. The molecule has 94 valence electrons. The summed E-state index contributed by atoms with van der Waals surface area (Å²) in [4.78, 5) is 11.1. The van der Waals surface area contributed by atoms with Crippen LogP contribution in [0.1, 0.15) is 19.0 Å². The third-order valence-electron chi connectivity index (χ3n) is 2.90. The van der Waals surface area contributed by atoms with Crippen LogP contribution in [-0.4, -0.2) is 35.5 Å². The Bertz CT molecular complexity index is 386. The van der Waals surface area contributed by atoms with Gasteiger partial charge in [0.1, 0.15) is 0 Å². The lowest BCUT2D eigenvalue weighted by atomic mass is 10.2. The fourth-order valence-corrected chi connectivity index (χ4v) is 2.28. The lowest BCUT2D eigenvalue weighted by Crippen LogP contribution is -2.23. The largest absolute Gasteiger partial charge is 0.478 e. The molecule has 5 heteroatoms. The molecule has 0 bridgehead atoms. The molecule has 0 amide bonds. The van der Waals surface area contributed by atoms with Gasteiger partial charge in [0.25, 0.3) is 0 Å². The van der Waals surface area contributed by atoms with Gasteiger partial charge in [-0.1, -0.05) is 0 Å². The molecule has 0 N–H and O–H groups in total. The average Bonchev–Trinajstić information content (AvgIpc) is 2.77. The minimum Gasteiger partial charge on any atom is -0.478 e. The molecule has 1 aliphatic heterocycles. The van der Waals surface area contributed by atoms with E-state index in [9.17, 15) is 0 Å².